The maximum Gasteiger partial charge on any atom is 0.313 e. The zero-order valence-corrected chi connectivity index (χ0v) is 12.3. The van der Waals surface area contributed by atoms with E-state index in [2.05, 4.69) is 16.6 Å². The highest BCUT2D eigenvalue weighted by atomic mass is 16.3. The maximum absolute atomic E-state index is 12.0. The van der Waals surface area contributed by atoms with Gasteiger partial charge >= 0.3 is 11.8 Å². The molecule has 0 aromatic heterocycles. The molecule has 0 radical (unpaired) electrons. The summed E-state index contributed by atoms with van der Waals surface area (Å²) < 4.78 is 0. The molecule has 23 heavy (non-hydrogen) atoms. The van der Waals surface area contributed by atoms with E-state index in [1.54, 1.807) is 48.5 Å². The number of aliphatic hydroxyl groups is 1. The molecular weight excluding hydrogens is 292 g/mol. The zero-order chi connectivity index (χ0) is 16.7. The van der Waals surface area contributed by atoms with Crippen LogP contribution >= 0.6 is 0 Å². The SMILES string of the molecule is C#Cc1cccc(NC(=O)C(=O)N[C@H](CO)c2ccccc2)c1. The minimum atomic E-state index is -0.834. The average molecular weight is 308 g/mol. The number of rotatable bonds is 4. The van der Waals surface area contributed by atoms with E-state index in [-0.39, 0.29) is 6.61 Å². The van der Waals surface area contributed by atoms with Gasteiger partial charge in [-0.2, -0.15) is 0 Å². The number of benzene rings is 2. The number of amides is 2. The van der Waals surface area contributed by atoms with Gasteiger partial charge in [0.05, 0.1) is 12.6 Å². The largest absolute Gasteiger partial charge is 0.394 e. The van der Waals surface area contributed by atoms with Crippen molar-refractivity contribution in [1.82, 2.24) is 5.32 Å². The van der Waals surface area contributed by atoms with E-state index in [1.807, 2.05) is 6.07 Å². The highest BCUT2D eigenvalue weighted by molar-refractivity contribution is 6.39. The summed E-state index contributed by atoms with van der Waals surface area (Å²) in [4.78, 5) is 23.9. The predicted octanol–water partition coefficient (Wildman–Crippen LogP) is 1.46. The molecule has 2 aromatic rings. The van der Waals surface area contributed by atoms with Crippen LogP contribution in [0.1, 0.15) is 17.2 Å². The number of nitrogens with one attached hydrogen (secondary N) is 2. The van der Waals surface area contributed by atoms with Crippen LogP contribution in [0.4, 0.5) is 5.69 Å². The summed E-state index contributed by atoms with van der Waals surface area (Å²) in [6, 6.07) is 14.9. The Balaban J connectivity index is 2.02. The van der Waals surface area contributed by atoms with Gasteiger partial charge in [0, 0.05) is 11.3 Å². The average Bonchev–Trinajstić information content (AvgIpc) is 2.60. The van der Waals surface area contributed by atoms with Crippen LogP contribution in [0.2, 0.25) is 0 Å². The van der Waals surface area contributed by atoms with Gasteiger partial charge in [-0.25, -0.2) is 0 Å². The molecule has 0 fully saturated rings. The number of terminal acetylenes is 1. The Hall–Kier alpha value is -3.10. The molecule has 1 atom stereocenters. The summed E-state index contributed by atoms with van der Waals surface area (Å²) in [5, 5.41) is 14.4. The molecule has 2 rings (SSSR count). The van der Waals surface area contributed by atoms with E-state index in [0.717, 1.165) is 0 Å². The second-order valence-corrected chi connectivity index (χ2v) is 4.80. The Morgan fingerprint density at radius 2 is 1.83 bits per heavy atom. The van der Waals surface area contributed by atoms with Gasteiger partial charge in [-0.1, -0.05) is 42.3 Å². The van der Waals surface area contributed by atoms with Gasteiger partial charge in [0.25, 0.3) is 0 Å². The Morgan fingerprint density at radius 1 is 1.09 bits per heavy atom. The molecule has 0 aliphatic heterocycles. The maximum atomic E-state index is 12.0. The number of carbonyl (C=O) groups excluding carboxylic acids is 2. The van der Waals surface area contributed by atoms with Crippen LogP contribution in [0, 0.1) is 12.3 Å². The van der Waals surface area contributed by atoms with Crippen LogP contribution in [-0.4, -0.2) is 23.5 Å². The highest BCUT2D eigenvalue weighted by Gasteiger charge is 2.19. The fraction of sp³-hybridized carbons (Fsp3) is 0.111. The zero-order valence-electron chi connectivity index (χ0n) is 12.3. The molecule has 0 saturated carbocycles. The Bertz CT molecular complexity index is 735. The van der Waals surface area contributed by atoms with Crippen molar-refractivity contribution in [2.45, 2.75) is 6.04 Å². The van der Waals surface area contributed by atoms with Crippen molar-refractivity contribution in [3.05, 3.63) is 65.7 Å². The molecule has 2 amide bonds. The first kappa shape index (κ1) is 16.3. The number of hydrogen-bond donors (Lipinski definition) is 3. The van der Waals surface area contributed by atoms with Crippen molar-refractivity contribution < 1.29 is 14.7 Å². The first-order valence-corrected chi connectivity index (χ1v) is 6.98. The Labute approximate surface area is 134 Å². The molecule has 0 aliphatic rings. The van der Waals surface area contributed by atoms with Crippen molar-refractivity contribution in [1.29, 1.82) is 0 Å². The first-order valence-electron chi connectivity index (χ1n) is 6.98. The van der Waals surface area contributed by atoms with E-state index >= 15 is 0 Å². The van der Waals surface area contributed by atoms with Gasteiger partial charge in [-0.3, -0.25) is 9.59 Å². The summed E-state index contributed by atoms with van der Waals surface area (Å²) in [5.74, 6) is 0.788. The molecule has 0 spiro atoms. The van der Waals surface area contributed by atoms with Crippen LogP contribution in [0.5, 0.6) is 0 Å². The van der Waals surface area contributed by atoms with Gasteiger partial charge in [0.2, 0.25) is 0 Å². The summed E-state index contributed by atoms with van der Waals surface area (Å²) in [6.45, 7) is -0.310. The predicted molar refractivity (Wildman–Crippen MR) is 87.4 cm³/mol. The third kappa shape index (κ3) is 4.43. The lowest BCUT2D eigenvalue weighted by molar-refractivity contribution is -0.136. The van der Waals surface area contributed by atoms with Gasteiger partial charge in [-0.15, -0.1) is 6.42 Å². The summed E-state index contributed by atoms with van der Waals surface area (Å²) in [6.07, 6.45) is 5.29. The molecule has 0 heterocycles. The molecule has 5 nitrogen and oxygen atoms in total. The van der Waals surface area contributed by atoms with Crippen molar-refractivity contribution in [2.24, 2.45) is 0 Å². The molecule has 0 unspecified atom stereocenters. The smallest absolute Gasteiger partial charge is 0.313 e. The summed E-state index contributed by atoms with van der Waals surface area (Å²) in [5.41, 5.74) is 1.74. The summed E-state index contributed by atoms with van der Waals surface area (Å²) >= 11 is 0. The first-order chi connectivity index (χ1) is 11.1. The second kappa shape index (κ2) is 7.78. The van der Waals surface area contributed by atoms with E-state index in [1.165, 1.54) is 0 Å². The number of hydrogen-bond acceptors (Lipinski definition) is 3. The van der Waals surface area contributed by atoms with Crippen LogP contribution in [0.3, 0.4) is 0 Å². The quantitative estimate of drug-likeness (QED) is 0.591. The van der Waals surface area contributed by atoms with Gasteiger partial charge in [0.15, 0.2) is 0 Å². The van der Waals surface area contributed by atoms with Crippen LogP contribution in [0.25, 0.3) is 0 Å². The molecule has 0 saturated heterocycles. The lowest BCUT2D eigenvalue weighted by Crippen LogP contribution is -2.39. The van der Waals surface area contributed by atoms with Crippen LogP contribution in [0.15, 0.2) is 54.6 Å². The highest BCUT2D eigenvalue weighted by Crippen LogP contribution is 2.12. The standard InChI is InChI=1S/C18H16N2O3/c1-2-13-7-6-10-15(11-13)19-17(22)18(23)20-16(12-21)14-8-4-3-5-9-14/h1,3-11,16,21H,12H2,(H,19,22)(H,20,23)/t16-/m1/s1. The summed E-state index contributed by atoms with van der Waals surface area (Å²) in [7, 11) is 0. The molecule has 5 heteroatoms. The number of aliphatic hydroxyl groups excluding tert-OH is 1. The van der Waals surface area contributed by atoms with Crippen molar-refractivity contribution in [2.75, 3.05) is 11.9 Å². The normalized spacial score (nSPS) is 11.1. The molecule has 0 bridgehead atoms. The Morgan fingerprint density at radius 3 is 2.48 bits per heavy atom. The lowest BCUT2D eigenvalue weighted by Gasteiger charge is -2.16. The third-order valence-electron chi connectivity index (χ3n) is 3.18. The van der Waals surface area contributed by atoms with Gasteiger partial charge < -0.3 is 15.7 Å². The van der Waals surface area contributed by atoms with Gasteiger partial charge in [0.1, 0.15) is 0 Å². The van der Waals surface area contributed by atoms with Crippen LogP contribution in [-0.2, 0) is 9.59 Å². The number of carbonyl (C=O) groups is 2. The second-order valence-electron chi connectivity index (χ2n) is 4.80. The Kier molecular flexibility index (Phi) is 5.50. The van der Waals surface area contributed by atoms with E-state index in [9.17, 15) is 14.7 Å². The fourth-order valence-corrected chi connectivity index (χ4v) is 2.02. The minimum absolute atomic E-state index is 0.310. The molecular formula is C18H16N2O3. The van der Waals surface area contributed by atoms with E-state index in [4.69, 9.17) is 6.42 Å². The van der Waals surface area contributed by atoms with Gasteiger partial charge in [-0.05, 0) is 23.8 Å². The van der Waals surface area contributed by atoms with E-state index in [0.29, 0.717) is 16.8 Å². The van der Waals surface area contributed by atoms with Crippen molar-refractivity contribution in [3.63, 3.8) is 0 Å². The molecule has 116 valence electrons. The minimum Gasteiger partial charge on any atom is -0.394 e. The topological polar surface area (TPSA) is 78.4 Å². The van der Waals surface area contributed by atoms with Crippen molar-refractivity contribution >= 4 is 17.5 Å². The number of anilines is 1. The molecule has 0 aliphatic carbocycles. The van der Waals surface area contributed by atoms with E-state index < -0.39 is 17.9 Å². The van der Waals surface area contributed by atoms with Crippen molar-refractivity contribution in [3.8, 4) is 12.3 Å². The van der Waals surface area contributed by atoms with Crippen LogP contribution < -0.4 is 10.6 Å². The fourth-order valence-electron chi connectivity index (χ4n) is 2.02. The third-order valence-corrected chi connectivity index (χ3v) is 3.18. The monoisotopic (exact) mass is 308 g/mol. The molecule has 3 N–H and O–H groups in total. The lowest BCUT2D eigenvalue weighted by atomic mass is 10.1. The molecule has 2 aromatic carbocycles.